The first-order valence-corrected chi connectivity index (χ1v) is 6.55. The minimum Gasteiger partial charge on any atom is -0.496 e. The Morgan fingerprint density at radius 2 is 2.15 bits per heavy atom. The third kappa shape index (κ3) is 3.59. The van der Waals surface area contributed by atoms with E-state index < -0.39 is 6.10 Å². The molecule has 0 fully saturated rings. The third-order valence-electron chi connectivity index (χ3n) is 3.06. The molecule has 2 rings (SSSR count). The molecule has 0 amide bonds. The number of nitrogens with one attached hydrogen (secondary N) is 1. The summed E-state index contributed by atoms with van der Waals surface area (Å²) < 4.78 is 10.3. The normalized spacial score (nSPS) is 12.4. The summed E-state index contributed by atoms with van der Waals surface area (Å²) in [7, 11) is 1.60. The zero-order chi connectivity index (χ0) is 14.5. The molecule has 0 bridgehead atoms. The average Bonchev–Trinajstić information content (AvgIpc) is 2.84. The molecule has 2 N–H and O–H groups in total. The van der Waals surface area contributed by atoms with Crippen LogP contribution in [0.25, 0.3) is 0 Å². The Morgan fingerprint density at radius 1 is 1.35 bits per heavy atom. The molecule has 20 heavy (non-hydrogen) atoms. The van der Waals surface area contributed by atoms with Crippen LogP contribution in [0.15, 0.2) is 28.8 Å². The molecule has 108 valence electrons. The first-order valence-electron chi connectivity index (χ1n) is 6.55. The van der Waals surface area contributed by atoms with Gasteiger partial charge in [-0.2, -0.15) is 0 Å². The fourth-order valence-corrected chi connectivity index (χ4v) is 2.06. The lowest BCUT2D eigenvalue weighted by atomic mass is 10.1. The van der Waals surface area contributed by atoms with Gasteiger partial charge in [0.25, 0.3) is 0 Å². The van der Waals surface area contributed by atoms with Crippen molar-refractivity contribution in [3.8, 4) is 5.75 Å². The highest BCUT2D eigenvalue weighted by molar-refractivity contribution is 5.38. The number of nitrogens with zero attached hydrogens (tertiary/aromatic N) is 1. The van der Waals surface area contributed by atoms with Crippen LogP contribution in [0.4, 0.5) is 0 Å². The Balaban J connectivity index is 1.94. The Hall–Kier alpha value is -1.85. The summed E-state index contributed by atoms with van der Waals surface area (Å²) in [6.07, 6.45) is -0.627. The van der Waals surface area contributed by atoms with Gasteiger partial charge in [-0.15, -0.1) is 0 Å². The van der Waals surface area contributed by atoms with E-state index in [1.54, 1.807) is 7.11 Å². The van der Waals surface area contributed by atoms with Crippen molar-refractivity contribution in [1.82, 2.24) is 10.5 Å². The van der Waals surface area contributed by atoms with E-state index in [0.29, 0.717) is 18.8 Å². The maximum absolute atomic E-state index is 10.3. The average molecular weight is 276 g/mol. The van der Waals surface area contributed by atoms with Crippen LogP contribution in [-0.4, -0.2) is 23.9 Å². The molecule has 2 aromatic rings. The number of rotatable bonds is 6. The first-order chi connectivity index (χ1) is 9.60. The number of aromatic nitrogens is 1. The molecule has 0 saturated heterocycles. The van der Waals surface area contributed by atoms with Crippen LogP contribution in [-0.2, 0) is 6.54 Å². The van der Waals surface area contributed by atoms with E-state index in [0.717, 1.165) is 22.6 Å². The number of benzene rings is 1. The van der Waals surface area contributed by atoms with Gasteiger partial charge in [-0.1, -0.05) is 16.8 Å². The van der Waals surface area contributed by atoms with Gasteiger partial charge in [0.1, 0.15) is 11.5 Å². The Kier molecular flexibility index (Phi) is 4.76. The Bertz CT molecular complexity index is 566. The lowest BCUT2D eigenvalue weighted by Gasteiger charge is -2.15. The summed E-state index contributed by atoms with van der Waals surface area (Å²) in [5.74, 6) is 1.48. The third-order valence-corrected chi connectivity index (χ3v) is 3.06. The van der Waals surface area contributed by atoms with E-state index in [1.165, 1.54) is 0 Å². The molecule has 0 aliphatic rings. The van der Waals surface area contributed by atoms with Gasteiger partial charge in [0.15, 0.2) is 0 Å². The smallest absolute Gasteiger partial charge is 0.133 e. The molecule has 5 heteroatoms. The molecule has 0 radical (unpaired) electrons. The molecule has 0 saturated carbocycles. The second-order valence-corrected chi connectivity index (χ2v) is 4.82. The molecule has 5 nitrogen and oxygen atoms in total. The number of aryl methyl sites for hydroxylation is 2. The van der Waals surface area contributed by atoms with Gasteiger partial charge in [0.05, 0.1) is 18.9 Å². The number of hydrogen-bond donors (Lipinski definition) is 2. The van der Waals surface area contributed by atoms with Gasteiger partial charge in [-0.25, -0.2) is 0 Å². The van der Waals surface area contributed by atoms with E-state index >= 15 is 0 Å². The van der Waals surface area contributed by atoms with Crippen LogP contribution in [0, 0.1) is 13.8 Å². The fourth-order valence-electron chi connectivity index (χ4n) is 2.06. The van der Waals surface area contributed by atoms with Crippen LogP contribution < -0.4 is 10.1 Å². The second kappa shape index (κ2) is 6.54. The van der Waals surface area contributed by atoms with Crippen molar-refractivity contribution < 1.29 is 14.4 Å². The highest BCUT2D eigenvalue weighted by Crippen LogP contribution is 2.25. The summed E-state index contributed by atoms with van der Waals surface area (Å²) in [4.78, 5) is 0. The number of hydrogen-bond acceptors (Lipinski definition) is 5. The van der Waals surface area contributed by atoms with Crippen molar-refractivity contribution >= 4 is 0 Å². The molecule has 0 spiro atoms. The van der Waals surface area contributed by atoms with Crippen LogP contribution in [0.2, 0.25) is 0 Å². The second-order valence-electron chi connectivity index (χ2n) is 4.82. The van der Waals surface area contributed by atoms with E-state index in [1.807, 2.05) is 38.1 Å². The fraction of sp³-hybridized carbons (Fsp3) is 0.400. The van der Waals surface area contributed by atoms with Crippen LogP contribution in [0.1, 0.15) is 28.7 Å². The first kappa shape index (κ1) is 14.6. The summed E-state index contributed by atoms with van der Waals surface area (Å²) in [5, 5.41) is 17.3. The Morgan fingerprint density at radius 3 is 2.80 bits per heavy atom. The molecular weight excluding hydrogens is 256 g/mol. The maximum atomic E-state index is 10.3. The highest BCUT2D eigenvalue weighted by Gasteiger charge is 2.13. The quantitative estimate of drug-likeness (QED) is 0.846. The van der Waals surface area contributed by atoms with Crippen LogP contribution in [0.5, 0.6) is 5.75 Å². The van der Waals surface area contributed by atoms with Gasteiger partial charge in [0.2, 0.25) is 0 Å². The predicted octanol–water partition coefficient (Wildman–Crippen LogP) is 2.12. The lowest BCUT2D eigenvalue weighted by molar-refractivity contribution is 0.169. The maximum Gasteiger partial charge on any atom is 0.133 e. The van der Waals surface area contributed by atoms with Crippen molar-refractivity contribution in [2.75, 3.05) is 13.7 Å². The minimum absolute atomic E-state index is 0.422. The largest absolute Gasteiger partial charge is 0.496 e. The van der Waals surface area contributed by atoms with Crippen molar-refractivity contribution in [1.29, 1.82) is 0 Å². The van der Waals surface area contributed by atoms with Gasteiger partial charge in [0, 0.05) is 24.7 Å². The summed E-state index contributed by atoms with van der Waals surface area (Å²) in [6, 6.07) is 7.63. The number of methoxy groups -OCH3 is 1. The molecule has 0 aliphatic heterocycles. The molecule has 0 aliphatic carbocycles. The summed E-state index contributed by atoms with van der Waals surface area (Å²) >= 11 is 0. The zero-order valence-electron chi connectivity index (χ0n) is 12.0. The van der Waals surface area contributed by atoms with Gasteiger partial charge >= 0.3 is 0 Å². The molecule has 1 aromatic carbocycles. The topological polar surface area (TPSA) is 67.5 Å². The molecule has 1 atom stereocenters. The number of aliphatic hydroxyl groups is 1. The van der Waals surface area contributed by atoms with E-state index in [9.17, 15) is 5.11 Å². The van der Waals surface area contributed by atoms with Crippen LogP contribution in [0.3, 0.4) is 0 Å². The summed E-state index contributed by atoms with van der Waals surface area (Å²) in [6.45, 7) is 4.82. The van der Waals surface area contributed by atoms with Crippen LogP contribution >= 0.6 is 0 Å². The standard InChI is InChI=1S/C15H20N2O3/c1-10-4-5-15(19-3)13(6-10)14(18)9-16-8-12-7-11(2)20-17-12/h4-7,14,16,18H,8-9H2,1-3H3. The number of aliphatic hydroxyl groups excluding tert-OH is 1. The molecule has 1 aromatic heterocycles. The summed E-state index contributed by atoms with van der Waals surface area (Å²) in [5.41, 5.74) is 2.70. The predicted molar refractivity (Wildman–Crippen MR) is 75.6 cm³/mol. The van der Waals surface area contributed by atoms with E-state index in [4.69, 9.17) is 9.26 Å². The molecule has 1 heterocycles. The molecule has 1 unspecified atom stereocenters. The molecular formula is C15H20N2O3. The van der Waals surface area contributed by atoms with Crippen molar-refractivity contribution in [2.24, 2.45) is 0 Å². The highest BCUT2D eigenvalue weighted by atomic mass is 16.5. The Labute approximate surface area is 118 Å². The monoisotopic (exact) mass is 276 g/mol. The minimum atomic E-state index is -0.627. The van der Waals surface area contributed by atoms with E-state index in [2.05, 4.69) is 10.5 Å². The SMILES string of the molecule is COc1ccc(C)cc1C(O)CNCc1cc(C)on1. The van der Waals surface area contributed by atoms with Gasteiger partial charge < -0.3 is 19.7 Å². The lowest BCUT2D eigenvalue weighted by Crippen LogP contribution is -2.21. The van der Waals surface area contributed by atoms with Crippen molar-refractivity contribution in [3.63, 3.8) is 0 Å². The zero-order valence-corrected chi connectivity index (χ0v) is 12.0. The van der Waals surface area contributed by atoms with Gasteiger partial charge in [-0.3, -0.25) is 0 Å². The van der Waals surface area contributed by atoms with Crippen molar-refractivity contribution in [2.45, 2.75) is 26.5 Å². The van der Waals surface area contributed by atoms with Gasteiger partial charge in [-0.05, 0) is 26.0 Å². The van der Waals surface area contributed by atoms with Crippen molar-refractivity contribution in [3.05, 3.63) is 46.8 Å². The number of ether oxygens (including phenoxy) is 1. The van der Waals surface area contributed by atoms with E-state index in [-0.39, 0.29) is 0 Å².